The van der Waals surface area contributed by atoms with Crippen molar-refractivity contribution < 1.29 is 57.9 Å². The van der Waals surface area contributed by atoms with Crippen LogP contribution in [-0.2, 0) is 30.4 Å². The minimum atomic E-state index is -4.95. The van der Waals surface area contributed by atoms with Gasteiger partial charge in [0, 0.05) is 18.2 Å². The molecule has 0 atom stereocenters. The summed E-state index contributed by atoms with van der Waals surface area (Å²) in [5.41, 5.74) is 0. The van der Waals surface area contributed by atoms with E-state index in [0.29, 0.717) is 0 Å². The molecule has 3 N–H and O–H groups in total. The van der Waals surface area contributed by atoms with Gasteiger partial charge in [-0.3, -0.25) is 13.7 Å². The van der Waals surface area contributed by atoms with E-state index in [9.17, 15) is 38.9 Å². The Kier molecular flexibility index (Phi) is 7.49. The van der Waals surface area contributed by atoms with Gasteiger partial charge < -0.3 is 18.9 Å². The Hall–Kier alpha value is -3.41. The van der Waals surface area contributed by atoms with Crippen LogP contribution in [0.15, 0.2) is 69.3 Å². The van der Waals surface area contributed by atoms with Gasteiger partial charge in [-0.25, -0.2) is 0 Å². The first-order valence-electron chi connectivity index (χ1n) is 9.42. The molecular weight excluding hydrogens is 544 g/mol. The smallest absolute Gasteiger partial charge is 0.298 e. The molecule has 0 aromatic heterocycles. The zero-order valence-corrected chi connectivity index (χ0v) is 20.8. The van der Waals surface area contributed by atoms with Gasteiger partial charge in [0.15, 0.2) is 0 Å². The highest BCUT2D eigenvalue weighted by atomic mass is 32.2. The van der Waals surface area contributed by atoms with Gasteiger partial charge >= 0.3 is 0 Å². The molecule has 16 heteroatoms. The number of hydrogen-bond donors (Lipinski definition) is 3. The van der Waals surface area contributed by atoms with Crippen LogP contribution in [0.3, 0.4) is 0 Å². The van der Waals surface area contributed by atoms with Crippen LogP contribution in [0, 0.1) is 0 Å². The fourth-order valence-electron chi connectivity index (χ4n) is 2.92. The van der Waals surface area contributed by atoms with Crippen molar-refractivity contribution in [2.24, 2.45) is 0 Å². The number of benzene rings is 3. The molecule has 0 bridgehead atoms. The summed E-state index contributed by atoms with van der Waals surface area (Å²) in [5.74, 6) is -1.51. The fraction of sp³-hybridized carbons (Fsp3) is 0.100. The van der Waals surface area contributed by atoms with Crippen molar-refractivity contribution in [2.75, 3.05) is 14.2 Å². The van der Waals surface area contributed by atoms with Crippen LogP contribution in [0.25, 0.3) is 0 Å². The zero-order chi connectivity index (χ0) is 26.9. The first kappa shape index (κ1) is 27.2. The van der Waals surface area contributed by atoms with Gasteiger partial charge in [0.2, 0.25) is 0 Å². The summed E-state index contributed by atoms with van der Waals surface area (Å²) in [5, 5.41) is 0. The molecule has 0 fully saturated rings. The summed E-state index contributed by atoms with van der Waals surface area (Å²) in [6.45, 7) is 0. The quantitative estimate of drug-likeness (QED) is 0.322. The van der Waals surface area contributed by atoms with E-state index >= 15 is 0 Å². The highest BCUT2D eigenvalue weighted by Gasteiger charge is 2.23. The standard InChI is InChI=1S/C20H18O13S3/c1-30-12-3-7-16(19(9-12)35(24,25)26)33-14-5-8-17(20(11-14)36(27,28)29)32-13-4-6-15(31-2)18(10-13)34(21,22)23/h3-11H,1-2H3,(H,21,22,23)(H,24,25,26)(H,27,28,29). The zero-order valence-electron chi connectivity index (χ0n) is 18.3. The molecule has 0 aliphatic carbocycles. The Labute approximate surface area is 206 Å². The average molecular weight is 563 g/mol. The lowest BCUT2D eigenvalue weighted by atomic mass is 10.3. The van der Waals surface area contributed by atoms with E-state index in [2.05, 4.69) is 0 Å². The van der Waals surface area contributed by atoms with Gasteiger partial charge in [0.05, 0.1) is 14.2 Å². The summed E-state index contributed by atoms with van der Waals surface area (Å²) >= 11 is 0. The highest BCUT2D eigenvalue weighted by molar-refractivity contribution is 7.86. The van der Waals surface area contributed by atoms with Crippen LogP contribution in [0.4, 0.5) is 0 Å². The van der Waals surface area contributed by atoms with E-state index < -0.39 is 50.8 Å². The SMILES string of the molecule is COc1ccc(Oc2ccc(Oc3ccc(OC)c(S(=O)(=O)O)c3)c(S(=O)(=O)O)c2)c(S(=O)(=O)O)c1. The molecular formula is C20H18O13S3. The van der Waals surface area contributed by atoms with E-state index in [-0.39, 0.29) is 28.7 Å². The maximum absolute atomic E-state index is 12.0. The predicted molar refractivity (Wildman–Crippen MR) is 122 cm³/mol. The molecule has 0 saturated heterocycles. The fourth-order valence-corrected chi connectivity index (χ4v) is 4.84. The molecule has 0 aliphatic heterocycles. The molecule has 3 aromatic rings. The molecule has 194 valence electrons. The third-order valence-electron chi connectivity index (χ3n) is 4.49. The van der Waals surface area contributed by atoms with Gasteiger partial charge in [-0.05, 0) is 36.4 Å². The Morgan fingerprint density at radius 2 is 0.833 bits per heavy atom. The van der Waals surface area contributed by atoms with Gasteiger partial charge in [0.25, 0.3) is 30.4 Å². The number of methoxy groups -OCH3 is 2. The molecule has 0 amide bonds. The Balaban J connectivity index is 2.05. The minimum Gasteiger partial charge on any atom is -0.497 e. The Morgan fingerprint density at radius 1 is 0.500 bits per heavy atom. The lowest BCUT2D eigenvalue weighted by Gasteiger charge is -2.14. The molecule has 3 aromatic carbocycles. The van der Waals surface area contributed by atoms with Crippen LogP contribution in [-0.4, -0.2) is 53.1 Å². The molecule has 3 rings (SSSR count). The monoisotopic (exact) mass is 562 g/mol. The second-order valence-corrected chi connectivity index (χ2v) is 11.0. The van der Waals surface area contributed by atoms with Crippen LogP contribution in [0.5, 0.6) is 34.5 Å². The van der Waals surface area contributed by atoms with E-state index in [0.717, 1.165) is 49.6 Å². The van der Waals surface area contributed by atoms with Crippen LogP contribution < -0.4 is 18.9 Å². The van der Waals surface area contributed by atoms with Gasteiger partial charge in [0.1, 0.15) is 49.2 Å². The second-order valence-electron chi connectivity index (χ2n) is 6.86. The van der Waals surface area contributed by atoms with Crippen molar-refractivity contribution >= 4 is 30.4 Å². The van der Waals surface area contributed by atoms with Gasteiger partial charge in [-0.1, -0.05) is 0 Å². The van der Waals surface area contributed by atoms with Crippen molar-refractivity contribution in [1.29, 1.82) is 0 Å². The van der Waals surface area contributed by atoms with Gasteiger partial charge in [-0.15, -0.1) is 0 Å². The lowest BCUT2D eigenvalue weighted by Crippen LogP contribution is -2.04. The summed E-state index contributed by atoms with van der Waals surface area (Å²) in [7, 11) is -12.0. The summed E-state index contributed by atoms with van der Waals surface area (Å²) in [6, 6.07) is 9.64. The molecule has 0 unspecified atom stereocenters. The van der Waals surface area contributed by atoms with Crippen molar-refractivity contribution in [3.63, 3.8) is 0 Å². The first-order valence-corrected chi connectivity index (χ1v) is 13.7. The molecule has 0 aliphatic rings. The average Bonchev–Trinajstić information content (AvgIpc) is 2.78. The molecule has 0 spiro atoms. The number of rotatable bonds is 9. The lowest BCUT2D eigenvalue weighted by molar-refractivity contribution is 0.393. The largest absolute Gasteiger partial charge is 0.497 e. The predicted octanol–water partition coefficient (Wildman–Crippen LogP) is 3.03. The third-order valence-corrected chi connectivity index (χ3v) is 7.12. The van der Waals surface area contributed by atoms with E-state index in [1.807, 2.05) is 0 Å². The first-order chi connectivity index (χ1) is 16.6. The normalized spacial score (nSPS) is 12.1. The van der Waals surface area contributed by atoms with Crippen LogP contribution >= 0.6 is 0 Å². The second kappa shape index (κ2) is 9.92. The maximum Gasteiger partial charge on any atom is 0.298 e. The van der Waals surface area contributed by atoms with Crippen molar-refractivity contribution in [3.8, 4) is 34.5 Å². The topological polar surface area (TPSA) is 200 Å². The Morgan fingerprint density at radius 3 is 1.19 bits per heavy atom. The number of hydrogen-bond acceptors (Lipinski definition) is 10. The minimum absolute atomic E-state index is 0.0844. The summed E-state index contributed by atoms with van der Waals surface area (Å²) in [6.07, 6.45) is 0. The van der Waals surface area contributed by atoms with E-state index in [4.69, 9.17) is 18.9 Å². The number of ether oxygens (including phenoxy) is 4. The van der Waals surface area contributed by atoms with Crippen molar-refractivity contribution in [2.45, 2.75) is 14.7 Å². The van der Waals surface area contributed by atoms with E-state index in [1.54, 1.807) is 0 Å². The molecule has 13 nitrogen and oxygen atoms in total. The van der Waals surface area contributed by atoms with Crippen LogP contribution in [0.1, 0.15) is 0 Å². The highest BCUT2D eigenvalue weighted by Crippen LogP contribution is 2.37. The summed E-state index contributed by atoms with van der Waals surface area (Å²) in [4.78, 5) is -2.16. The maximum atomic E-state index is 12.0. The summed E-state index contributed by atoms with van der Waals surface area (Å²) < 4.78 is 120. The molecule has 36 heavy (non-hydrogen) atoms. The molecule has 0 heterocycles. The molecule has 0 saturated carbocycles. The van der Waals surface area contributed by atoms with Crippen molar-refractivity contribution in [3.05, 3.63) is 54.6 Å². The Bertz CT molecular complexity index is 1630. The molecule has 0 radical (unpaired) electrons. The van der Waals surface area contributed by atoms with E-state index in [1.165, 1.54) is 19.2 Å². The van der Waals surface area contributed by atoms with Crippen molar-refractivity contribution in [1.82, 2.24) is 0 Å². The van der Waals surface area contributed by atoms with Crippen LogP contribution in [0.2, 0.25) is 0 Å². The third kappa shape index (κ3) is 6.23. The van der Waals surface area contributed by atoms with Gasteiger partial charge in [-0.2, -0.15) is 25.3 Å².